The van der Waals surface area contributed by atoms with E-state index in [2.05, 4.69) is 5.32 Å². The minimum absolute atomic E-state index is 0.00268. The molecule has 0 saturated heterocycles. The first-order chi connectivity index (χ1) is 19.5. The number of hydrogen-bond acceptors (Lipinski definition) is 5. The van der Waals surface area contributed by atoms with Crippen molar-refractivity contribution < 1.29 is 22.7 Å². The Balaban J connectivity index is 2.07. The standard InChI is InChI=1S/C31H38ClN3O5S/c1-6-23(4)33-31(37)29(7-2)34(20-24-11-9-13-27(19-24)40-5)30(36)21-35(26-12-8-10-22(3)18-26)41(38,39)28-16-14-25(32)15-17-28/h8-19,23,29H,6-7,20-21H2,1-5H3,(H,33,37)/t23-,29+/m1/s1. The van der Waals surface area contributed by atoms with Crippen LogP contribution in [0.3, 0.4) is 0 Å². The third-order valence-electron chi connectivity index (χ3n) is 6.84. The predicted molar refractivity (Wildman–Crippen MR) is 163 cm³/mol. The number of ether oxygens (including phenoxy) is 1. The van der Waals surface area contributed by atoms with Gasteiger partial charge in [-0.2, -0.15) is 0 Å². The average molecular weight is 600 g/mol. The van der Waals surface area contributed by atoms with Gasteiger partial charge >= 0.3 is 0 Å². The van der Waals surface area contributed by atoms with Crippen molar-refractivity contribution in [3.05, 3.63) is 88.9 Å². The Morgan fingerprint density at radius 1 is 0.976 bits per heavy atom. The first-order valence-corrected chi connectivity index (χ1v) is 15.4. The molecular formula is C31H38ClN3O5S. The topological polar surface area (TPSA) is 96.0 Å². The summed E-state index contributed by atoms with van der Waals surface area (Å²) in [6.45, 7) is 7.12. The molecule has 0 aliphatic carbocycles. The van der Waals surface area contributed by atoms with Crippen molar-refractivity contribution in [2.24, 2.45) is 0 Å². The summed E-state index contributed by atoms with van der Waals surface area (Å²) >= 11 is 6.01. The van der Waals surface area contributed by atoms with E-state index in [0.29, 0.717) is 22.9 Å². The van der Waals surface area contributed by atoms with Crippen LogP contribution < -0.4 is 14.4 Å². The molecule has 3 aromatic rings. The monoisotopic (exact) mass is 599 g/mol. The van der Waals surface area contributed by atoms with Crippen LogP contribution in [-0.4, -0.2) is 50.9 Å². The van der Waals surface area contributed by atoms with E-state index in [1.165, 1.54) is 29.2 Å². The van der Waals surface area contributed by atoms with E-state index in [1.807, 2.05) is 39.8 Å². The van der Waals surface area contributed by atoms with Gasteiger partial charge in [0.1, 0.15) is 18.3 Å². The van der Waals surface area contributed by atoms with Crippen molar-refractivity contribution >= 4 is 39.1 Å². The quantitative estimate of drug-likeness (QED) is 0.277. The first-order valence-electron chi connectivity index (χ1n) is 13.6. The SMILES string of the molecule is CC[C@@H](C)NC(=O)[C@H](CC)N(Cc1cccc(OC)c1)C(=O)CN(c1cccc(C)c1)S(=O)(=O)c1ccc(Cl)cc1. The van der Waals surface area contributed by atoms with E-state index < -0.39 is 28.5 Å². The lowest BCUT2D eigenvalue weighted by atomic mass is 10.1. The number of hydrogen-bond donors (Lipinski definition) is 1. The Kier molecular flexibility index (Phi) is 11.2. The molecule has 3 rings (SSSR count). The second kappa shape index (κ2) is 14.4. The number of methoxy groups -OCH3 is 1. The number of anilines is 1. The van der Waals surface area contributed by atoms with E-state index in [0.717, 1.165) is 21.9 Å². The van der Waals surface area contributed by atoms with Crippen molar-refractivity contribution in [1.29, 1.82) is 0 Å². The zero-order valence-electron chi connectivity index (χ0n) is 24.1. The molecule has 0 radical (unpaired) electrons. The fraction of sp³-hybridized carbons (Fsp3) is 0.355. The van der Waals surface area contributed by atoms with Crippen LogP contribution in [-0.2, 0) is 26.2 Å². The molecule has 0 aliphatic heterocycles. The second-order valence-electron chi connectivity index (χ2n) is 9.92. The van der Waals surface area contributed by atoms with Crippen LogP contribution >= 0.6 is 11.6 Å². The molecule has 3 aromatic carbocycles. The zero-order valence-corrected chi connectivity index (χ0v) is 25.7. The summed E-state index contributed by atoms with van der Waals surface area (Å²) in [6, 6.07) is 19.1. The van der Waals surface area contributed by atoms with Gasteiger partial charge in [-0.3, -0.25) is 13.9 Å². The van der Waals surface area contributed by atoms with Gasteiger partial charge in [-0.15, -0.1) is 0 Å². The molecule has 2 amide bonds. The number of benzene rings is 3. The summed E-state index contributed by atoms with van der Waals surface area (Å²) in [5.74, 6) is -0.197. The molecule has 0 heterocycles. The Morgan fingerprint density at radius 3 is 2.27 bits per heavy atom. The lowest BCUT2D eigenvalue weighted by molar-refractivity contribution is -0.140. The number of nitrogens with one attached hydrogen (secondary N) is 1. The highest BCUT2D eigenvalue weighted by Gasteiger charge is 2.34. The molecule has 8 nitrogen and oxygen atoms in total. The normalized spacial score (nSPS) is 12.7. The van der Waals surface area contributed by atoms with E-state index >= 15 is 0 Å². The highest BCUT2D eigenvalue weighted by Crippen LogP contribution is 2.27. The number of amides is 2. The van der Waals surface area contributed by atoms with Gasteiger partial charge in [0.25, 0.3) is 10.0 Å². The van der Waals surface area contributed by atoms with Gasteiger partial charge in [0.2, 0.25) is 11.8 Å². The van der Waals surface area contributed by atoms with E-state index in [-0.39, 0.29) is 23.4 Å². The van der Waals surface area contributed by atoms with Gasteiger partial charge in [-0.05, 0) is 86.3 Å². The second-order valence-corrected chi connectivity index (χ2v) is 12.2. The minimum Gasteiger partial charge on any atom is -0.497 e. The van der Waals surface area contributed by atoms with Crippen LogP contribution in [0.5, 0.6) is 5.75 Å². The molecule has 0 aliphatic rings. The summed E-state index contributed by atoms with van der Waals surface area (Å²) in [4.78, 5) is 29.0. The van der Waals surface area contributed by atoms with Crippen LogP contribution in [0.2, 0.25) is 5.02 Å². The molecule has 1 N–H and O–H groups in total. The van der Waals surface area contributed by atoms with Gasteiger partial charge in [0, 0.05) is 17.6 Å². The largest absolute Gasteiger partial charge is 0.497 e. The van der Waals surface area contributed by atoms with Crippen LogP contribution in [0.4, 0.5) is 5.69 Å². The molecule has 0 saturated carbocycles. The highest BCUT2D eigenvalue weighted by atomic mass is 35.5. The van der Waals surface area contributed by atoms with Crippen molar-refractivity contribution in [2.75, 3.05) is 18.0 Å². The van der Waals surface area contributed by atoms with Gasteiger partial charge in [0.05, 0.1) is 17.7 Å². The van der Waals surface area contributed by atoms with Crippen molar-refractivity contribution in [1.82, 2.24) is 10.2 Å². The van der Waals surface area contributed by atoms with E-state index in [1.54, 1.807) is 43.5 Å². The molecule has 0 fully saturated rings. The highest BCUT2D eigenvalue weighted by molar-refractivity contribution is 7.92. The number of nitrogens with zero attached hydrogens (tertiary/aromatic N) is 2. The summed E-state index contributed by atoms with van der Waals surface area (Å²) in [5, 5.41) is 3.37. The summed E-state index contributed by atoms with van der Waals surface area (Å²) in [5.41, 5.74) is 1.92. The van der Waals surface area contributed by atoms with E-state index in [9.17, 15) is 18.0 Å². The van der Waals surface area contributed by atoms with Gasteiger partial charge in [0.15, 0.2) is 0 Å². The summed E-state index contributed by atoms with van der Waals surface area (Å²) in [6.07, 6.45) is 1.07. The van der Waals surface area contributed by atoms with Crippen LogP contribution in [0.1, 0.15) is 44.7 Å². The van der Waals surface area contributed by atoms with Crippen molar-refractivity contribution in [3.8, 4) is 5.75 Å². The lowest BCUT2D eigenvalue weighted by Gasteiger charge is -2.34. The number of halogens is 1. The fourth-order valence-corrected chi connectivity index (χ4v) is 5.91. The van der Waals surface area contributed by atoms with Gasteiger partial charge < -0.3 is 15.0 Å². The Labute approximate surface area is 248 Å². The number of aryl methyl sites for hydroxylation is 1. The zero-order chi connectivity index (χ0) is 30.2. The molecular weight excluding hydrogens is 562 g/mol. The Morgan fingerprint density at radius 2 is 1.66 bits per heavy atom. The molecule has 2 atom stereocenters. The Hall–Kier alpha value is -3.56. The van der Waals surface area contributed by atoms with Crippen LogP contribution in [0.15, 0.2) is 77.7 Å². The molecule has 0 bridgehead atoms. The molecule has 10 heteroatoms. The minimum atomic E-state index is -4.17. The third-order valence-corrected chi connectivity index (χ3v) is 8.88. The van der Waals surface area contributed by atoms with Gasteiger partial charge in [-0.25, -0.2) is 8.42 Å². The summed E-state index contributed by atoms with van der Waals surface area (Å²) < 4.78 is 34.3. The maximum atomic E-state index is 14.2. The van der Waals surface area contributed by atoms with Crippen LogP contribution in [0.25, 0.3) is 0 Å². The predicted octanol–water partition coefficient (Wildman–Crippen LogP) is 5.57. The maximum absolute atomic E-state index is 14.2. The number of carbonyl (C=O) groups is 2. The van der Waals surface area contributed by atoms with Crippen LogP contribution in [0, 0.1) is 6.92 Å². The number of sulfonamides is 1. The fourth-order valence-electron chi connectivity index (χ4n) is 4.37. The molecule has 0 aromatic heterocycles. The maximum Gasteiger partial charge on any atom is 0.264 e. The number of carbonyl (C=O) groups excluding carboxylic acids is 2. The van der Waals surface area contributed by atoms with Crippen molar-refractivity contribution in [2.45, 2.75) is 64.1 Å². The third kappa shape index (κ3) is 8.24. The first kappa shape index (κ1) is 32.0. The molecule has 0 spiro atoms. The smallest absolute Gasteiger partial charge is 0.264 e. The molecule has 41 heavy (non-hydrogen) atoms. The van der Waals surface area contributed by atoms with Crippen molar-refractivity contribution in [3.63, 3.8) is 0 Å². The Bertz CT molecular complexity index is 1450. The number of rotatable bonds is 13. The average Bonchev–Trinajstić information content (AvgIpc) is 2.95. The molecule has 0 unspecified atom stereocenters. The van der Waals surface area contributed by atoms with Gasteiger partial charge in [-0.1, -0.05) is 49.7 Å². The lowest BCUT2D eigenvalue weighted by Crippen LogP contribution is -2.53. The van der Waals surface area contributed by atoms with E-state index in [4.69, 9.17) is 16.3 Å². The molecule has 220 valence electrons. The summed E-state index contributed by atoms with van der Waals surface area (Å²) in [7, 11) is -2.62.